The number of likely N-dealkylation sites (tertiary alicyclic amines) is 2. The van der Waals surface area contributed by atoms with Gasteiger partial charge in [0, 0.05) is 50.5 Å². The van der Waals surface area contributed by atoms with Crippen LogP contribution in [0.5, 0.6) is 0 Å². The Hall–Kier alpha value is -2.31. The topological polar surface area (TPSA) is 61.4 Å². The predicted molar refractivity (Wildman–Crippen MR) is 113 cm³/mol. The molecular formula is C23H31N5O. The van der Waals surface area contributed by atoms with E-state index < -0.39 is 0 Å². The number of carbonyl (C=O) groups is 1. The first kappa shape index (κ1) is 20.0. The lowest BCUT2D eigenvalue weighted by atomic mass is 9.93. The summed E-state index contributed by atoms with van der Waals surface area (Å²) >= 11 is 0. The fourth-order valence-electron chi connectivity index (χ4n) is 4.58. The first-order valence-electron chi connectivity index (χ1n) is 10.8. The van der Waals surface area contributed by atoms with Gasteiger partial charge in [-0.3, -0.25) is 24.6 Å². The minimum Gasteiger partial charge on any atom is -0.352 e. The van der Waals surface area contributed by atoms with Gasteiger partial charge in [0.05, 0.1) is 5.92 Å². The molecule has 2 fully saturated rings. The van der Waals surface area contributed by atoms with Crippen LogP contribution in [-0.2, 0) is 17.9 Å². The molecule has 0 unspecified atom stereocenters. The predicted octanol–water partition coefficient (Wildman–Crippen LogP) is 2.47. The Morgan fingerprint density at radius 2 is 1.83 bits per heavy atom. The molecule has 2 aliphatic rings. The molecule has 2 aromatic rings. The summed E-state index contributed by atoms with van der Waals surface area (Å²) in [6.45, 7) is 5.84. The van der Waals surface area contributed by atoms with Crippen LogP contribution in [0.1, 0.15) is 36.8 Å². The molecular weight excluding hydrogens is 362 g/mol. The molecule has 2 aliphatic heterocycles. The van der Waals surface area contributed by atoms with E-state index in [4.69, 9.17) is 0 Å². The highest BCUT2D eigenvalue weighted by atomic mass is 16.1. The van der Waals surface area contributed by atoms with Gasteiger partial charge in [-0.25, -0.2) is 0 Å². The molecule has 0 aliphatic carbocycles. The third-order valence-electron chi connectivity index (χ3n) is 6.24. The SMILES string of the molecule is O=C(NCc1ccncc1)[C@@H]1CCCN(C2CCN(Cc3cccnc3)CC2)C1. The van der Waals surface area contributed by atoms with Crippen LogP contribution in [-0.4, -0.2) is 57.9 Å². The first-order valence-corrected chi connectivity index (χ1v) is 10.8. The van der Waals surface area contributed by atoms with Crippen LogP contribution in [0.25, 0.3) is 0 Å². The van der Waals surface area contributed by atoms with Crippen molar-refractivity contribution < 1.29 is 4.79 Å². The molecule has 0 aromatic carbocycles. The van der Waals surface area contributed by atoms with Gasteiger partial charge in [0.15, 0.2) is 0 Å². The zero-order chi connectivity index (χ0) is 19.9. The zero-order valence-electron chi connectivity index (χ0n) is 17.0. The number of carbonyl (C=O) groups excluding carboxylic acids is 1. The van der Waals surface area contributed by atoms with Gasteiger partial charge >= 0.3 is 0 Å². The van der Waals surface area contributed by atoms with Crippen LogP contribution in [0.15, 0.2) is 49.1 Å². The molecule has 0 spiro atoms. The van der Waals surface area contributed by atoms with Crippen LogP contribution in [0.4, 0.5) is 0 Å². The lowest BCUT2D eigenvalue weighted by molar-refractivity contribution is -0.127. The average Bonchev–Trinajstić information content (AvgIpc) is 2.79. The Balaban J connectivity index is 1.23. The van der Waals surface area contributed by atoms with E-state index in [0.717, 1.165) is 51.1 Å². The van der Waals surface area contributed by atoms with Gasteiger partial charge in [-0.2, -0.15) is 0 Å². The molecule has 154 valence electrons. The number of rotatable bonds is 6. The third-order valence-corrected chi connectivity index (χ3v) is 6.24. The fourth-order valence-corrected chi connectivity index (χ4v) is 4.58. The molecule has 29 heavy (non-hydrogen) atoms. The van der Waals surface area contributed by atoms with Crippen molar-refractivity contribution in [2.75, 3.05) is 26.2 Å². The highest BCUT2D eigenvalue weighted by molar-refractivity contribution is 5.78. The van der Waals surface area contributed by atoms with Crippen molar-refractivity contribution in [3.8, 4) is 0 Å². The normalized spacial score (nSPS) is 21.7. The minimum atomic E-state index is 0.110. The van der Waals surface area contributed by atoms with Crippen molar-refractivity contribution in [2.45, 2.75) is 44.8 Å². The van der Waals surface area contributed by atoms with Crippen molar-refractivity contribution in [3.63, 3.8) is 0 Å². The molecule has 1 atom stereocenters. The largest absolute Gasteiger partial charge is 0.352 e. The maximum Gasteiger partial charge on any atom is 0.224 e. The van der Waals surface area contributed by atoms with E-state index in [1.54, 1.807) is 12.4 Å². The number of piperidine rings is 2. The maximum absolute atomic E-state index is 12.7. The molecule has 2 saturated heterocycles. The highest BCUT2D eigenvalue weighted by Gasteiger charge is 2.31. The molecule has 0 saturated carbocycles. The summed E-state index contributed by atoms with van der Waals surface area (Å²) in [5, 5.41) is 3.12. The molecule has 1 amide bonds. The van der Waals surface area contributed by atoms with Crippen LogP contribution in [0.2, 0.25) is 0 Å². The van der Waals surface area contributed by atoms with Crippen LogP contribution >= 0.6 is 0 Å². The summed E-state index contributed by atoms with van der Waals surface area (Å²) in [4.78, 5) is 26.0. The first-order chi connectivity index (χ1) is 14.3. The molecule has 0 radical (unpaired) electrons. The van der Waals surface area contributed by atoms with Crippen molar-refractivity contribution in [1.29, 1.82) is 0 Å². The van der Waals surface area contributed by atoms with Gasteiger partial charge < -0.3 is 5.32 Å². The number of nitrogens with zero attached hydrogens (tertiary/aromatic N) is 4. The number of aromatic nitrogens is 2. The van der Waals surface area contributed by atoms with E-state index in [-0.39, 0.29) is 11.8 Å². The van der Waals surface area contributed by atoms with Gasteiger partial charge in [0.2, 0.25) is 5.91 Å². The smallest absolute Gasteiger partial charge is 0.224 e. The highest BCUT2D eigenvalue weighted by Crippen LogP contribution is 2.24. The number of amides is 1. The fraction of sp³-hybridized carbons (Fsp3) is 0.522. The summed E-state index contributed by atoms with van der Waals surface area (Å²) in [5.74, 6) is 0.305. The molecule has 1 N–H and O–H groups in total. The Morgan fingerprint density at radius 3 is 2.59 bits per heavy atom. The second-order valence-corrected chi connectivity index (χ2v) is 8.28. The lowest BCUT2D eigenvalue weighted by Crippen LogP contribution is -2.50. The van der Waals surface area contributed by atoms with E-state index in [0.29, 0.717) is 12.6 Å². The molecule has 6 nitrogen and oxygen atoms in total. The summed E-state index contributed by atoms with van der Waals surface area (Å²) in [5.41, 5.74) is 2.39. The minimum absolute atomic E-state index is 0.110. The Labute approximate surface area is 173 Å². The second-order valence-electron chi connectivity index (χ2n) is 8.28. The zero-order valence-corrected chi connectivity index (χ0v) is 17.0. The third kappa shape index (κ3) is 5.61. The van der Waals surface area contributed by atoms with Gasteiger partial charge in [-0.05, 0) is 74.6 Å². The average molecular weight is 394 g/mol. The lowest BCUT2D eigenvalue weighted by Gasteiger charge is -2.42. The van der Waals surface area contributed by atoms with E-state index in [2.05, 4.69) is 31.2 Å². The van der Waals surface area contributed by atoms with Gasteiger partial charge in [-0.15, -0.1) is 0 Å². The quantitative estimate of drug-likeness (QED) is 0.817. The summed E-state index contributed by atoms with van der Waals surface area (Å²) < 4.78 is 0. The summed E-state index contributed by atoms with van der Waals surface area (Å²) in [6, 6.07) is 8.67. The van der Waals surface area contributed by atoms with Crippen molar-refractivity contribution in [2.24, 2.45) is 5.92 Å². The number of nitrogens with one attached hydrogen (secondary N) is 1. The molecule has 0 bridgehead atoms. The van der Waals surface area contributed by atoms with Crippen LogP contribution in [0, 0.1) is 5.92 Å². The summed E-state index contributed by atoms with van der Waals surface area (Å²) in [6.07, 6.45) is 11.8. The van der Waals surface area contributed by atoms with Crippen molar-refractivity contribution in [1.82, 2.24) is 25.1 Å². The van der Waals surface area contributed by atoms with E-state index >= 15 is 0 Å². The number of pyridine rings is 2. The summed E-state index contributed by atoms with van der Waals surface area (Å²) in [7, 11) is 0. The van der Waals surface area contributed by atoms with E-state index in [1.165, 1.54) is 18.4 Å². The van der Waals surface area contributed by atoms with Gasteiger partial charge in [0.25, 0.3) is 0 Å². The monoisotopic (exact) mass is 393 g/mol. The van der Waals surface area contributed by atoms with Crippen LogP contribution in [0.3, 0.4) is 0 Å². The van der Waals surface area contributed by atoms with Gasteiger partial charge in [0.1, 0.15) is 0 Å². The van der Waals surface area contributed by atoms with E-state index in [1.807, 2.05) is 30.6 Å². The van der Waals surface area contributed by atoms with E-state index in [9.17, 15) is 4.79 Å². The van der Waals surface area contributed by atoms with Gasteiger partial charge in [-0.1, -0.05) is 6.07 Å². The maximum atomic E-state index is 12.7. The number of hydrogen-bond acceptors (Lipinski definition) is 5. The Bertz CT molecular complexity index is 761. The Kier molecular flexibility index (Phi) is 6.85. The van der Waals surface area contributed by atoms with Crippen molar-refractivity contribution >= 4 is 5.91 Å². The number of hydrogen-bond donors (Lipinski definition) is 1. The molecule has 2 aromatic heterocycles. The standard InChI is InChI=1S/C23H31N5O/c29-23(26-16-19-5-10-24-11-6-19)21-4-2-12-28(18-21)22-7-13-27(14-8-22)17-20-3-1-9-25-15-20/h1,3,5-6,9-11,15,21-22H,2,4,7-8,12-14,16-18H2,(H,26,29)/t21-/m1/s1. The van der Waals surface area contributed by atoms with Crippen molar-refractivity contribution in [3.05, 3.63) is 60.2 Å². The van der Waals surface area contributed by atoms with Crippen LogP contribution < -0.4 is 5.32 Å². The molecule has 4 heterocycles. The Morgan fingerprint density at radius 1 is 1.00 bits per heavy atom. The molecule has 4 rings (SSSR count). The second kappa shape index (κ2) is 9.94. The molecule has 6 heteroatoms.